The summed E-state index contributed by atoms with van der Waals surface area (Å²) in [7, 11) is 1.28. The summed E-state index contributed by atoms with van der Waals surface area (Å²) >= 11 is 8.22. The largest absolute Gasteiger partial charge is 0.465 e. The van der Waals surface area contributed by atoms with Gasteiger partial charge in [0, 0.05) is 9.26 Å². The first-order chi connectivity index (χ1) is 12.4. The molecule has 0 bridgehead atoms. The third-order valence-electron chi connectivity index (χ3n) is 3.67. The maximum Gasteiger partial charge on any atom is 0.337 e. The van der Waals surface area contributed by atoms with Crippen molar-refractivity contribution >= 4 is 63.4 Å². The van der Waals surface area contributed by atoms with E-state index in [1.165, 1.54) is 13.2 Å². The Hall–Kier alpha value is -2.39. The van der Waals surface area contributed by atoms with E-state index in [2.05, 4.69) is 32.6 Å². The first-order valence-corrected chi connectivity index (χ1v) is 8.87. The zero-order chi connectivity index (χ0) is 18.8. The van der Waals surface area contributed by atoms with Gasteiger partial charge in [-0.3, -0.25) is 9.59 Å². The topological polar surface area (TPSA) is 75.7 Å². The minimum absolute atomic E-state index is 0.0442. The molecule has 0 saturated heterocycles. The summed E-state index contributed by atoms with van der Waals surface area (Å²) in [6.45, 7) is 0. The summed E-state index contributed by atoms with van der Waals surface area (Å²) in [5, 5.41) is 2.62. The molecular formula is C18H12ClIN2O4. The highest BCUT2D eigenvalue weighted by Crippen LogP contribution is 2.30. The lowest BCUT2D eigenvalue weighted by atomic mass is 10.2. The number of halogens is 2. The van der Waals surface area contributed by atoms with E-state index in [0.717, 1.165) is 8.47 Å². The number of ether oxygens (including phenoxy) is 1. The molecule has 0 aromatic heterocycles. The lowest BCUT2D eigenvalue weighted by Gasteiger charge is -2.15. The molecule has 0 unspecified atom stereocenters. The number of hydrogen-bond donors (Lipinski definition) is 1. The SMILES string of the molecule is COC(=O)c1cccc(NC2=C(Cl)C(=O)N(c3ccc(I)cc3)C2=O)c1. The van der Waals surface area contributed by atoms with Gasteiger partial charge in [-0.05, 0) is 65.1 Å². The van der Waals surface area contributed by atoms with E-state index in [-0.39, 0.29) is 10.7 Å². The van der Waals surface area contributed by atoms with Gasteiger partial charge < -0.3 is 10.1 Å². The van der Waals surface area contributed by atoms with Gasteiger partial charge in [0.05, 0.1) is 18.4 Å². The second kappa shape index (κ2) is 7.46. The van der Waals surface area contributed by atoms with Crippen LogP contribution in [0.2, 0.25) is 0 Å². The Labute approximate surface area is 167 Å². The molecule has 6 nitrogen and oxygen atoms in total. The second-order valence-electron chi connectivity index (χ2n) is 5.31. The molecule has 0 saturated carbocycles. The summed E-state index contributed by atoms with van der Waals surface area (Å²) in [5.41, 5.74) is 1.13. The maximum absolute atomic E-state index is 12.7. The fourth-order valence-corrected chi connectivity index (χ4v) is 2.99. The molecule has 1 aliphatic rings. The van der Waals surface area contributed by atoms with E-state index in [4.69, 9.17) is 11.6 Å². The fourth-order valence-electron chi connectivity index (χ4n) is 2.42. The van der Waals surface area contributed by atoms with E-state index in [9.17, 15) is 14.4 Å². The van der Waals surface area contributed by atoms with Crippen LogP contribution >= 0.6 is 34.2 Å². The summed E-state index contributed by atoms with van der Waals surface area (Å²) in [5.74, 6) is -1.68. The Balaban J connectivity index is 1.89. The molecule has 26 heavy (non-hydrogen) atoms. The Morgan fingerprint density at radius 2 is 1.81 bits per heavy atom. The monoisotopic (exact) mass is 482 g/mol. The number of nitrogens with zero attached hydrogens (tertiary/aromatic N) is 1. The number of methoxy groups -OCH3 is 1. The van der Waals surface area contributed by atoms with E-state index >= 15 is 0 Å². The van der Waals surface area contributed by atoms with Crippen LogP contribution in [-0.2, 0) is 14.3 Å². The number of anilines is 2. The van der Waals surface area contributed by atoms with Crippen molar-refractivity contribution in [3.05, 3.63) is 68.4 Å². The summed E-state index contributed by atoms with van der Waals surface area (Å²) < 4.78 is 5.64. The minimum Gasteiger partial charge on any atom is -0.465 e. The smallest absolute Gasteiger partial charge is 0.337 e. The molecule has 1 heterocycles. The maximum atomic E-state index is 12.7. The van der Waals surface area contributed by atoms with E-state index in [0.29, 0.717) is 16.9 Å². The highest BCUT2D eigenvalue weighted by atomic mass is 127. The average molecular weight is 483 g/mol. The van der Waals surface area contributed by atoms with Crippen molar-refractivity contribution in [2.75, 3.05) is 17.3 Å². The Morgan fingerprint density at radius 3 is 2.46 bits per heavy atom. The number of hydrogen-bond acceptors (Lipinski definition) is 5. The predicted molar refractivity (Wildman–Crippen MR) is 106 cm³/mol. The summed E-state index contributed by atoms with van der Waals surface area (Å²) in [6, 6.07) is 13.3. The number of rotatable bonds is 4. The zero-order valence-corrected chi connectivity index (χ0v) is 16.4. The van der Waals surface area contributed by atoms with Crippen molar-refractivity contribution in [2.45, 2.75) is 0 Å². The van der Waals surface area contributed by atoms with Crippen LogP contribution in [0, 0.1) is 3.57 Å². The van der Waals surface area contributed by atoms with Crippen LogP contribution in [0.25, 0.3) is 0 Å². The number of nitrogens with one attached hydrogen (secondary N) is 1. The van der Waals surface area contributed by atoms with Crippen LogP contribution in [0.4, 0.5) is 11.4 Å². The van der Waals surface area contributed by atoms with Crippen molar-refractivity contribution in [2.24, 2.45) is 0 Å². The second-order valence-corrected chi connectivity index (χ2v) is 6.93. The van der Waals surface area contributed by atoms with Gasteiger partial charge in [-0.2, -0.15) is 0 Å². The average Bonchev–Trinajstić information content (AvgIpc) is 2.86. The number of imide groups is 1. The molecule has 0 aliphatic carbocycles. The molecule has 2 amide bonds. The quantitative estimate of drug-likeness (QED) is 0.410. The molecule has 2 aromatic carbocycles. The minimum atomic E-state index is -0.607. The lowest BCUT2D eigenvalue weighted by Crippen LogP contribution is -2.32. The Morgan fingerprint density at radius 1 is 1.12 bits per heavy atom. The van der Waals surface area contributed by atoms with Crippen LogP contribution in [0.15, 0.2) is 59.3 Å². The predicted octanol–water partition coefficient (Wildman–Crippen LogP) is 3.51. The van der Waals surface area contributed by atoms with Crippen LogP contribution < -0.4 is 10.2 Å². The van der Waals surface area contributed by atoms with Gasteiger partial charge >= 0.3 is 5.97 Å². The molecule has 1 aliphatic heterocycles. The van der Waals surface area contributed by atoms with Crippen molar-refractivity contribution in [1.29, 1.82) is 0 Å². The molecule has 2 aromatic rings. The molecular weight excluding hydrogens is 471 g/mol. The van der Waals surface area contributed by atoms with Crippen LogP contribution in [0.1, 0.15) is 10.4 Å². The van der Waals surface area contributed by atoms with Crippen LogP contribution in [0.5, 0.6) is 0 Å². The lowest BCUT2D eigenvalue weighted by molar-refractivity contribution is -0.120. The van der Waals surface area contributed by atoms with E-state index in [1.807, 2.05) is 0 Å². The van der Waals surface area contributed by atoms with Crippen molar-refractivity contribution in [1.82, 2.24) is 0 Å². The van der Waals surface area contributed by atoms with Crippen molar-refractivity contribution in [3.63, 3.8) is 0 Å². The number of benzene rings is 2. The van der Waals surface area contributed by atoms with Gasteiger partial charge in [-0.15, -0.1) is 0 Å². The number of amides is 2. The van der Waals surface area contributed by atoms with Crippen LogP contribution in [0.3, 0.4) is 0 Å². The van der Waals surface area contributed by atoms with Crippen molar-refractivity contribution < 1.29 is 19.1 Å². The molecule has 0 spiro atoms. The first kappa shape index (κ1) is 18.4. The zero-order valence-electron chi connectivity index (χ0n) is 13.5. The highest BCUT2D eigenvalue weighted by Gasteiger charge is 2.38. The van der Waals surface area contributed by atoms with Gasteiger partial charge in [0.15, 0.2) is 0 Å². The molecule has 1 N–H and O–H groups in total. The molecule has 132 valence electrons. The van der Waals surface area contributed by atoms with Gasteiger partial charge in [0.1, 0.15) is 10.7 Å². The van der Waals surface area contributed by atoms with Crippen LogP contribution in [-0.4, -0.2) is 24.9 Å². The number of esters is 1. The molecule has 8 heteroatoms. The molecule has 0 radical (unpaired) electrons. The first-order valence-electron chi connectivity index (χ1n) is 7.42. The normalized spacial score (nSPS) is 14.0. The van der Waals surface area contributed by atoms with Gasteiger partial charge in [0.2, 0.25) is 0 Å². The summed E-state index contributed by atoms with van der Waals surface area (Å²) in [4.78, 5) is 37.8. The van der Waals surface area contributed by atoms with E-state index in [1.54, 1.807) is 42.5 Å². The van der Waals surface area contributed by atoms with Gasteiger partial charge in [-0.1, -0.05) is 17.7 Å². The fraction of sp³-hybridized carbons (Fsp3) is 0.0556. The third kappa shape index (κ3) is 3.45. The molecule has 0 fully saturated rings. The molecule has 0 atom stereocenters. The number of carbonyl (C=O) groups is 3. The Kier molecular flexibility index (Phi) is 5.28. The Bertz CT molecular complexity index is 940. The van der Waals surface area contributed by atoms with Gasteiger partial charge in [-0.25, -0.2) is 9.69 Å². The van der Waals surface area contributed by atoms with Crippen molar-refractivity contribution in [3.8, 4) is 0 Å². The highest BCUT2D eigenvalue weighted by molar-refractivity contribution is 14.1. The molecule has 3 rings (SSSR count). The third-order valence-corrected chi connectivity index (χ3v) is 4.73. The standard InChI is InChI=1S/C18H12ClIN2O4/c1-26-18(25)10-3-2-4-12(9-10)21-15-14(19)16(23)22(17(15)24)13-7-5-11(20)6-8-13/h2-9,21H,1H3. The summed E-state index contributed by atoms with van der Waals surface area (Å²) in [6.07, 6.45) is 0. The number of carbonyl (C=O) groups excluding carboxylic acids is 3. The van der Waals surface area contributed by atoms with E-state index < -0.39 is 17.8 Å². The van der Waals surface area contributed by atoms with Gasteiger partial charge in [0.25, 0.3) is 11.8 Å².